The molecule has 29 heavy (non-hydrogen) atoms. The molecule has 7 nitrogen and oxygen atoms in total. The van der Waals surface area contributed by atoms with Crippen LogP contribution in [0.3, 0.4) is 0 Å². The highest BCUT2D eigenvalue weighted by atomic mass is 127. The second-order valence-electron chi connectivity index (χ2n) is 6.86. The van der Waals surface area contributed by atoms with Gasteiger partial charge in [0, 0.05) is 46.8 Å². The standard InChI is InChI=1S/C21H35N3O4.HI/c1-6-27-18-9-8-17(14-19(18)28-7-2)16(3)24-20(22-4)23-15-21(25-5)10-12-26-13-11-21;/h8-9,14,16H,6-7,10-13,15H2,1-5H3,(H2,22,23,24);1H. The molecule has 0 aromatic heterocycles. The van der Waals surface area contributed by atoms with Crippen LogP contribution in [0.5, 0.6) is 11.5 Å². The molecule has 1 aliphatic rings. The molecule has 166 valence electrons. The van der Waals surface area contributed by atoms with Crippen molar-refractivity contribution in [2.75, 3.05) is 47.1 Å². The zero-order chi connectivity index (χ0) is 20.4. The molecule has 1 aromatic rings. The Hall–Kier alpha value is -1.26. The average Bonchev–Trinajstić information content (AvgIpc) is 2.73. The number of guanidine groups is 1. The van der Waals surface area contributed by atoms with Crippen molar-refractivity contribution in [3.05, 3.63) is 23.8 Å². The number of nitrogens with one attached hydrogen (secondary N) is 2. The Morgan fingerprint density at radius 3 is 2.41 bits per heavy atom. The summed E-state index contributed by atoms with van der Waals surface area (Å²) in [5, 5.41) is 6.85. The lowest BCUT2D eigenvalue weighted by molar-refractivity contribution is -0.0855. The SMILES string of the molecule is CCOc1ccc(C(C)NC(=NC)NCC2(OC)CCOCC2)cc1OCC.I. The van der Waals surface area contributed by atoms with E-state index in [9.17, 15) is 0 Å². The van der Waals surface area contributed by atoms with Crippen molar-refractivity contribution in [2.45, 2.75) is 45.3 Å². The first-order valence-corrected chi connectivity index (χ1v) is 10.1. The van der Waals surface area contributed by atoms with Crippen LogP contribution in [0.15, 0.2) is 23.2 Å². The Kier molecular flexibility index (Phi) is 11.7. The summed E-state index contributed by atoms with van der Waals surface area (Å²) in [6.45, 7) is 9.38. The van der Waals surface area contributed by atoms with Gasteiger partial charge in [-0.25, -0.2) is 0 Å². The fourth-order valence-electron chi connectivity index (χ4n) is 3.26. The van der Waals surface area contributed by atoms with E-state index in [1.54, 1.807) is 14.2 Å². The summed E-state index contributed by atoms with van der Waals surface area (Å²) in [4.78, 5) is 4.36. The quantitative estimate of drug-likeness (QED) is 0.295. The number of benzene rings is 1. The molecule has 0 aliphatic carbocycles. The monoisotopic (exact) mass is 521 g/mol. The number of ether oxygens (including phenoxy) is 4. The largest absolute Gasteiger partial charge is 0.490 e. The summed E-state index contributed by atoms with van der Waals surface area (Å²) in [5.41, 5.74) is 0.891. The maximum Gasteiger partial charge on any atom is 0.191 e. The normalized spacial score (nSPS) is 17.1. The zero-order valence-corrected chi connectivity index (χ0v) is 20.6. The van der Waals surface area contributed by atoms with E-state index in [0.717, 1.165) is 49.1 Å². The van der Waals surface area contributed by atoms with E-state index in [4.69, 9.17) is 18.9 Å². The minimum atomic E-state index is -0.208. The van der Waals surface area contributed by atoms with Crippen LogP contribution in [-0.2, 0) is 9.47 Å². The van der Waals surface area contributed by atoms with Gasteiger partial charge in [0.05, 0.1) is 24.9 Å². The van der Waals surface area contributed by atoms with Crippen molar-refractivity contribution in [3.8, 4) is 11.5 Å². The molecule has 1 aromatic carbocycles. The Balaban J connectivity index is 0.00000420. The third-order valence-corrected chi connectivity index (χ3v) is 5.06. The number of nitrogens with zero attached hydrogens (tertiary/aromatic N) is 1. The Labute approximate surface area is 191 Å². The first-order valence-electron chi connectivity index (χ1n) is 10.1. The number of aliphatic imine (C=N–C) groups is 1. The van der Waals surface area contributed by atoms with Crippen LogP contribution in [0.2, 0.25) is 0 Å². The molecule has 0 bridgehead atoms. The fourth-order valence-corrected chi connectivity index (χ4v) is 3.26. The lowest BCUT2D eigenvalue weighted by Crippen LogP contribution is -2.51. The highest BCUT2D eigenvalue weighted by molar-refractivity contribution is 14.0. The molecule has 1 saturated heterocycles. The molecule has 2 N–H and O–H groups in total. The molecule has 0 spiro atoms. The molecule has 0 saturated carbocycles. The Bertz CT molecular complexity index is 636. The summed E-state index contributed by atoms with van der Waals surface area (Å²) in [6, 6.07) is 6.08. The number of hydrogen-bond acceptors (Lipinski definition) is 5. The summed E-state index contributed by atoms with van der Waals surface area (Å²) >= 11 is 0. The van der Waals surface area contributed by atoms with Gasteiger partial charge in [0.15, 0.2) is 17.5 Å². The van der Waals surface area contributed by atoms with Crippen LogP contribution < -0.4 is 20.1 Å². The van der Waals surface area contributed by atoms with E-state index >= 15 is 0 Å². The van der Waals surface area contributed by atoms with Crippen LogP contribution in [-0.4, -0.2) is 58.7 Å². The van der Waals surface area contributed by atoms with Gasteiger partial charge in [-0.1, -0.05) is 6.07 Å². The molecular weight excluding hydrogens is 485 g/mol. The number of halogens is 1. The van der Waals surface area contributed by atoms with Crippen molar-refractivity contribution in [2.24, 2.45) is 4.99 Å². The van der Waals surface area contributed by atoms with E-state index in [2.05, 4.69) is 22.5 Å². The topological polar surface area (TPSA) is 73.3 Å². The van der Waals surface area contributed by atoms with Gasteiger partial charge >= 0.3 is 0 Å². The number of hydrogen-bond donors (Lipinski definition) is 2. The maximum absolute atomic E-state index is 5.79. The zero-order valence-electron chi connectivity index (χ0n) is 18.2. The minimum Gasteiger partial charge on any atom is -0.490 e. The van der Waals surface area contributed by atoms with Crippen molar-refractivity contribution < 1.29 is 18.9 Å². The molecule has 8 heteroatoms. The van der Waals surface area contributed by atoms with Crippen LogP contribution in [0.25, 0.3) is 0 Å². The summed E-state index contributed by atoms with van der Waals surface area (Å²) in [7, 11) is 3.54. The molecule has 1 heterocycles. The third kappa shape index (κ3) is 7.49. The van der Waals surface area contributed by atoms with Crippen molar-refractivity contribution in [3.63, 3.8) is 0 Å². The van der Waals surface area contributed by atoms with E-state index in [0.29, 0.717) is 19.8 Å². The Morgan fingerprint density at radius 2 is 1.83 bits per heavy atom. The second kappa shape index (κ2) is 13.1. The highest BCUT2D eigenvalue weighted by Crippen LogP contribution is 2.30. The highest BCUT2D eigenvalue weighted by Gasteiger charge is 2.32. The second-order valence-corrected chi connectivity index (χ2v) is 6.86. The third-order valence-electron chi connectivity index (χ3n) is 5.06. The van der Waals surface area contributed by atoms with E-state index in [1.807, 2.05) is 32.0 Å². The summed E-state index contributed by atoms with van der Waals surface area (Å²) in [6.07, 6.45) is 1.75. The average molecular weight is 521 g/mol. The van der Waals surface area contributed by atoms with E-state index in [1.165, 1.54) is 0 Å². The molecule has 1 aliphatic heterocycles. The molecule has 1 atom stereocenters. The Morgan fingerprint density at radius 1 is 1.17 bits per heavy atom. The van der Waals surface area contributed by atoms with E-state index in [-0.39, 0.29) is 35.6 Å². The molecule has 0 amide bonds. The lowest BCUT2D eigenvalue weighted by Gasteiger charge is -2.36. The van der Waals surface area contributed by atoms with Gasteiger partial charge in [-0.2, -0.15) is 0 Å². The van der Waals surface area contributed by atoms with Gasteiger partial charge in [-0.3, -0.25) is 4.99 Å². The van der Waals surface area contributed by atoms with Gasteiger partial charge < -0.3 is 29.6 Å². The van der Waals surface area contributed by atoms with Crippen LogP contribution in [0.4, 0.5) is 0 Å². The van der Waals surface area contributed by atoms with Crippen molar-refractivity contribution in [1.82, 2.24) is 10.6 Å². The van der Waals surface area contributed by atoms with Crippen LogP contribution in [0.1, 0.15) is 45.2 Å². The molecule has 1 unspecified atom stereocenters. The van der Waals surface area contributed by atoms with Crippen LogP contribution in [0, 0.1) is 0 Å². The predicted molar refractivity (Wildman–Crippen MR) is 127 cm³/mol. The van der Waals surface area contributed by atoms with E-state index < -0.39 is 0 Å². The van der Waals surface area contributed by atoms with Gasteiger partial charge in [0.25, 0.3) is 0 Å². The van der Waals surface area contributed by atoms with Gasteiger partial charge in [-0.15, -0.1) is 24.0 Å². The molecule has 0 radical (unpaired) electrons. The summed E-state index contributed by atoms with van der Waals surface area (Å²) < 4.78 is 22.6. The van der Waals surface area contributed by atoms with Gasteiger partial charge in [0.2, 0.25) is 0 Å². The first kappa shape index (κ1) is 25.8. The van der Waals surface area contributed by atoms with Crippen molar-refractivity contribution in [1.29, 1.82) is 0 Å². The molecular formula is C21H36IN3O4. The maximum atomic E-state index is 5.79. The first-order chi connectivity index (χ1) is 13.6. The van der Waals surface area contributed by atoms with Gasteiger partial charge in [-0.05, 0) is 38.5 Å². The van der Waals surface area contributed by atoms with Crippen molar-refractivity contribution >= 4 is 29.9 Å². The number of methoxy groups -OCH3 is 1. The van der Waals surface area contributed by atoms with Crippen LogP contribution >= 0.6 is 24.0 Å². The number of rotatable bonds is 9. The molecule has 2 rings (SSSR count). The molecule has 1 fully saturated rings. The lowest BCUT2D eigenvalue weighted by atomic mass is 9.94. The predicted octanol–water partition coefficient (Wildman–Crippen LogP) is 3.52. The van der Waals surface area contributed by atoms with Gasteiger partial charge in [0.1, 0.15) is 0 Å². The fraction of sp³-hybridized carbons (Fsp3) is 0.667. The summed E-state index contributed by atoms with van der Waals surface area (Å²) in [5.74, 6) is 2.27. The minimum absolute atomic E-state index is 0. The smallest absolute Gasteiger partial charge is 0.191 e.